The lowest BCUT2D eigenvalue weighted by Gasteiger charge is -2.04. The van der Waals surface area contributed by atoms with Gasteiger partial charge in [-0.15, -0.1) is 0 Å². The van der Waals surface area contributed by atoms with Crippen LogP contribution in [-0.4, -0.2) is 7.11 Å². The van der Waals surface area contributed by atoms with Gasteiger partial charge in [-0.25, -0.2) is 0 Å². The van der Waals surface area contributed by atoms with Crippen molar-refractivity contribution in [2.24, 2.45) is 0 Å². The van der Waals surface area contributed by atoms with Crippen LogP contribution < -0.4 is 9.08 Å². The van der Waals surface area contributed by atoms with Gasteiger partial charge in [0.25, 0.3) is 0 Å². The van der Waals surface area contributed by atoms with Crippen molar-refractivity contribution in [3.63, 3.8) is 0 Å². The van der Waals surface area contributed by atoms with Crippen molar-refractivity contribution in [3.05, 3.63) is 22.7 Å². The maximum atomic E-state index is 5.08. The molecule has 0 saturated carbocycles. The van der Waals surface area contributed by atoms with Gasteiger partial charge in [0, 0.05) is 27.9 Å². The van der Waals surface area contributed by atoms with Crippen molar-refractivity contribution in [3.8, 4) is 5.75 Å². The standard InChI is InChI=1S/C7H7Br2NO/c1-11-7-4-5(10-9)2-3-6(7)8/h2-4,10H,1H3. The van der Waals surface area contributed by atoms with Crippen LogP contribution in [0, 0.1) is 0 Å². The Kier molecular flexibility index (Phi) is 3.20. The molecule has 1 rings (SSSR count). The average Bonchev–Trinajstić information content (AvgIpc) is 2.05. The molecule has 0 aromatic heterocycles. The number of rotatable bonds is 2. The third-order valence-corrected chi connectivity index (χ3v) is 2.37. The summed E-state index contributed by atoms with van der Waals surface area (Å²) in [4.78, 5) is 0. The average molecular weight is 281 g/mol. The summed E-state index contributed by atoms with van der Waals surface area (Å²) in [5, 5.41) is 0. The third-order valence-electron chi connectivity index (χ3n) is 1.26. The van der Waals surface area contributed by atoms with Crippen LogP contribution in [0.4, 0.5) is 5.69 Å². The molecule has 0 heterocycles. The summed E-state index contributed by atoms with van der Waals surface area (Å²) in [6, 6.07) is 5.74. The Hall–Kier alpha value is -0.220. The molecule has 0 unspecified atom stereocenters. The highest BCUT2D eigenvalue weighted by atomic mass is 79.9. The van der Waals surface area contributed by atoms with E-state index in [4.69, 9.17) is 4.74 Å². The van der Waals surface area contributed by atoms with Crippen LogP contribution in [0.2, 0.25) is 0 Å². The van der Waals surface area contributed by atoms with Crippen LogP contribution in [0.25, 0.3) is 0 Å². The highest BCUT2D eigenvalue weighted by Crippen LogP contribution is 2.28. The van der Waals surface area contributed by atoms with E-state index in [1.807, 2.05) is 18.2 Å². The molecule has 4 heteroatoms. The molecule has 0 spiro atoms. The molecule has 0 aliphatic rings. The number of methoxy groups -OCH3 is 1. The van der Waals surface area contributed by atoms with Gasteiger partial charge in [0.1, 0.15) is 5.75 Å². The zero-order valence-electron chi connectivity index (χ0n) is 5.90. The van der Waals surface area contributed by atoms with Crippen LogP contribution in [-0.2, 0) is 0 Å². The van der Waals surface area contributed by atoms with E-state index in [0.29, 0.717) is 0 Å². The normalized spacial score (nSPS) is 9.36. The maximum Gasteiger partial charge on any atom is 0.135 e. The number of nitrogens with one attached hydrogen (secondary N) is 1. The first-order valence-electron chi connectivity index (χ1n) is 2.98. The van der Waals surface area contributed by atoms with Gasteiger partial charge in [-0.2, -0.15) is 0 Å². The van der Waals surface area contributed by atoms with Crippen molar-refractivity contribution in [1.82, 2.24) is 0 Å². The predicted octanol–water partition coefficient (Wildman–Crippen LogP) is 3.18. The van der Waals surface area contributed by atoms with Crippen LogP contribution in [0.15, 0.2) is 22.7 Å². The molecule has 0 saturated heterocycles. The lowest BCUT2D eigenvalue weighted by Crippen LogP contribution is -1.86. The Bertz CT molecular complexity index is 252. The van der Waals surface area contributed by atoms with E-state index >= 15 is 0 Å². The molecule has 0 aliphatic heterocycles. The van der Waals surface area contributed by atoms with E-state index in [2.05, 4.69) is 36.4 Å². The summed E-state index contributed by atoms with van der Waals surface area (Å²) in [5.41, 5.74) is 0.963. The molecular weight excluding hydrogens is 274 g/mol. The van der Waals surface area contributed by atoms with Gasteiger partial charge >= 0.3 is 0 Å². The number of halogens is 2. The molecule has 11 heavy (non-hydrogen) atoms. The summed E-state index contributed by atoms with van der Waals surface area (Å²) >= 11 is 6.48. The molecule has 0 bridgehead atoms. The van der Waals surface area contributed by atoms with E-state index in [1.54, 1.807) is 7.11 Å². The van der Waals surface area contributed by atoms with Gasteiger partial charge in [-0.05, 0) is 28.1 Å². The smallest absolute Gasteiger partial charge is 0.135 e. The van der Waals surface area contributed by atoms with E-state index in [1.165, 1.54) is 0 Å². The number of benzene rings is 1. The fourth-order valence-corrected chi connectivity index (χ4v) is 1.37. The monoisotopic (exact) mass is 279 g/mol. The first-order valence-corrected chi connectivity index (χ1v) is 4.56. The van der Waals surface area contributed by atoms with Crippen molar-refractivity contribution in [2.75, 3.05) is 11.5 Å². The highest BCUT2D eigenvalue weighted by molar-refractivity contribution is 9.10. The van der Waals surface area contributed by atoms with Gasteiger partial charge < -0.3 is 9.08 Å². The molecule has 60 valence electrons. The molecule has 0 atom stereocenters. The van der Waals surface area contributed by atoms with Crippen molar-refractivity contribution < 1.29 is 4.74 Å². The molecule has 1 aromatic rings. The molecule has 0 aliphatic carbocycles. The lowest BCUT2D eigenvalue weighted by molar-refractivity contribution is 0.412. The Labute approximate surface area is 82.4 Å². The third kappa shape index (κ3) is 2.10. The first-order chi connectivity index (χ1) is 5.27. The quantitative estimate of drug-likeness (QED) is 0.840. The number of hydrogen-bond donors (Lipinski definition) is 1. The summed E-state index contributed by atoms with van der Waals surface area (Å²) < 4.78 is 8.87. The highest BCUT2D eigenvalue weighted by Gasteiger charge is 1.99. The predicted molar refractivity (Wildman–Crippen MR) is 53.2 cm³/mol. The SMILES string of the molecule is COc1cc(NBr)ccc1Br. The molecule has 1 aromatic carbocycles. The van der Waals surface area contributed by atoms with Crippen molar-refractivity contribution in [1.29, 1.82) is 0 Å². The zero-order valence-corrected chi connectivity index (χ0v) is 9.07. The largest absolute Gasteiger partial charge is 0.495 e. The Balaban J connectivity index is 3.02. The van der Waals surface area contributed by atoms with Gasteiger partial charge in [0.05, 0.1) is 11.6 Å². The second-order valence-electron chi connectivity index (χ2n) is 1.94. The molecule has 1 N–H and O–H groups in total. The van der Waals surface area contributed by atoms with Gasteiger partial charge in [0.15, 0.2) is 0 Å². The van der Waals surface area contributed by atoms with Crippen LogP contribution in [0.5, 0.6) is 5.75 Å². The first kappa shape index (κ1) is 8.87. The molecule has 2 nitrogen and oxygen atoms in total. The number of ether oxygens (including phenoxy) is 1. The summed E-state index contributed by atoms with van der Waals surface area (Å²) in [6.07, 6.45) is 0. The summed E-state index contributed by atoms with van der Waals surface area (Å²) in [5.74, 6) is 0.814. The molecular formula is C7H7Br2NO. The van der Waals surface area contributed by atoms with Gasteiger partial charge in [-0.3, -0.25) is 0 Å². The van der Waals surface area contributed by atoms with E-state index in [-0.39, 0.29) is 0 Å². The van der Waals surface area contributed by atoms with Gasteiger partial charge in [0.2, 0.25) is 0 Å². The molecule has 0 fully saturated rings. The minimum atomic E-state index is 0.814. The molecule has 0 amide bonds. The molecule has 0 radical (unpaired) electrons. The van der Waals surface area contributed by atoms with Crippen LogP contribution in [0.3, 0.4) is 0 Å². The Morgan fingerprint density at radius 1 is 1.45 bits per heavy atom. The minimum absolute atomic E-state index is 0.814. The van der Waals surface area contributed by atoms with Crippen LogP contribution in [0.1, 0.15) is 0 Å². The van der Waals surface area contributed by atoms with E-state index in [0.717, 1.165) is 15.9 Å². The van der Waals surface area contributed by atoms with Crippen LogP contribution >= 0.6 is 32.1 Å². The lowest BCUT2D eigenvalue weighted by atomic mass is 10.3. The van der Waals surface area contributed by atoms with E-state index < -0.39 is 0 Å². The van der Waals surface area contributed by atoms with Gasteiger partial charge in [-0.1, -0.05) is 0 Å². The topological polar surface area (TPSA) is 21.3 Å². The Morgan fingerprint density at radius 2 is 2.18 bits per heavy atom. The fourth-order valence-electron chi connectivity index (χ4n) is 0.719. The Morgan fingerprint density at radius 3 is 2.73 bits per heavy atom. The summed E-state index contributed by atoms with van der Waals surface area (Å²) in [6.45, 7) is 0. The fraction of sp³-hybridized carbons (Fsp3) is 0.143. The van der Waals surface area contributed by atoms with Crippen molar-refractivity contribution >= 4 is 37.8 Å². The number of hydrogen-bond acceptors (Lipinski definition) is 2. The minimum Gasteiger partial charge on any atom is -0.495 e. The summed E-state index contributed by atoms with van der Waals surface area (Å²) in [7, 11) is 1.64. The number of anilines is 1. The van der Waals surface area contributed by atoms with Crippen molar-refractivity contribution in [2.45, 2.75) is 0 Å². The van der Waals surface area contributed by atoms with E-state index in [9.17, 15) is 0 Å². The maximum absolute atomic E-state index is 5.08. The zero-order chi connectivity index (χ0) is 8.27. The second-order valence-corrected chi connectivity index (χ2v) is 3.19. The second kappa shape index (κ2) is 3.97.